The maximum atomic E-state index is 11.2. The number of fused-ring (bicyclic) bond motifs is 1. The predicted octanol–water partition coefficient (Wildman–Crippen LogP) is 2.78. The zero-order valence-corrected chi connectivity index (χ0v) is 11.1. The first-order chi connectivity index (χ1) is 9.75. The van der Waals surface area contributed by atoms with Crippen molar-refractivity contribution >= 4 is 12.0 Å². The molecule has 1 aromatic heterocycles. The van der Waals surface area contributed by atoms with Crippen LogP contribution in [0.2, 0.25) is 0 Å². The molecule has 0 amide bonds. The Kier molecular flexibility index (Phi) is 3.37. The molecule has 2 aromatic rings. The molecule has 0 atom stereocenters. The average Bonchev–Trinajstić information content (AvgIpc) is 3.03. The lowest BCUT2D eigenvalue weighted by Gasteiger charge is -2.01. The molecule has 1 aliphatic rings. The smallest absolute Gasteiger partial charge is 0.356 e. The van der Waals surface area contributed by atoms with Gasteiger partial charge in [0.1, 0.15) is 0 Å². The van der Waals surface area contributed by atoms with Crippen LogP contribution in [0.1, 0.15) is 33.7 Å². The van der Waals surface area contributed by atoms with E-state index in [4.69, 9.17) is 0 Å². The van der Waals surface area contributed by atoms with E-state index in [-0.39, 0.29) is 5.69 Å². The second-order valence-corrected chi connectivity index (χ2v) is 4.93. The number of carbonyl (C=O) groups is 1. The molecule has 0 aliphatic heterocycles. The number of hydrogen-bond acceptors (Lipinski definition) is 2. The van der Waals surface area contributed by atoms with E-state index in [1.54, 1.807) is 0 Å². The Bertz CT molecular complexity index is 657. The van der Waals surface area contributed by atoms with Gasteiger partial charge in [-0.15, -0.1) is 0 Å². The standard InChI is InChI=1S/C16H16N2O2/c19-16(20)15-13-9-4-10-14(13)18(17-15)11-5-8-12-6-2-1-3-7-12/h1-3,5-8H,4,9-11H2,(H,19,20)/b8-5+. The van der Waals surface area contributed by atoms with Crippen molar-refractivity contribution in [3.63, 3.8) is 0 Å². The number of hydrogen-bond donors (Lipinski definition) is 1. The molecule has 1 aromatic carbocycles. The molecular weight excluding hydrogens is 252 g/mol. The summed E-state index contributed by atoms with van der Waals surface area (Å²) < 4.78 is 1.82. The molecule has 4 heteroatoms. The van der Waals surface area contributed by atoms with Gasteiger partial charge in [-0.1, -0.05) is 42.5 Å². The summed E-state index contributed by atoms with van der Waals surface area (Å²) in [6.07, 6.45) is 6.83. The molecule has 0 spiro atoms. The Morgan fingerprint density at radius 3 is 2.85 bits per heavy atom. The van der Waals surface area contributed by atoms with Crippen molar-refractivity contribution in [1.29, 1.82) is 0 Å². The van der Waals surface area contributed by atoms with Crippen molar-refractivity contribution in [3.05, 3.63) is 58.9 Å². The van der Waals surface area contributed by atoms with Gasteiger partial charge >= 0.3 is 5.97 Å². The number of rotatable bonds is 4. The minimum atomic E-state index is -0.922. The van der Waals surface area contributed by atoms with Gasteiger partial charge < -0.3 is 5.11 Å². The molecule has 1 aliphatic carbocycles. The maximum absolute atomic E-state index is 11.2. The lowest BCUT2D eigenvalue weighted by atomic mass is 10.2. The first-order valence-electron chi connectivity index (χ1n) is 6.79. The molecule has 20 heavy (non-hydrogen) atoms. The lowest BCUT2D eigenvalue weighted by Crippen LogP contribution is -2.05. The summed E-state index contributed by atoms with van der Waals surface area (Å²) in [6.45, 7) is 0.616. The number of carboxylic acid groups (broad SMARTS) is 1. The predicted molar refractivity (Wildman–Crippen MR) is 76.7 cm³/mol. The van der Waals surface area contributed by atoms with Crippen LogP contribution >= 0.6 is 0 Å². The Morgan fingerprint density at radius 2 is 2.10 bits per heavy atom. The second-order valence-electron chi connectivity index (χ2n) is 4.93. The van der Waals surface area contributed by atoms with Crippen LogP contribution in [0, 0.1) is 0 Å². The molecule has 0 radical (unpaired) electrons. The van der Waals surface area contributed by atoms with E-state index < -0.39 is 5.97 Å². The van der Waals surface area contributed by atoms with Crippen LogP contribution in [0.4, 0.5) is 0 Å². The summed E-state index contributed by atoms with van der Waals surface area (Å²) in [4.78, 5) is 11.2. The van der Waals surface area contributed by atoms with Crippen molar-refractivity contribution in [1.82, 2.24) is 9.78 Å². The van der Waals surface area contributed by atoms with Crippen LogP contribution in [0.3, 0.4) is 0 Å². The highest BCUT2D eigenvalue weighted by atomic mass is 16.4. The molecular formula is C16H16N2O2. The van der Waals surface area contributed by atoms with Crippen LogP contribution in [0.5, 0.6) is 0 Å². The summed E-state index contributed by atoms with van der Waals surface area (Å²) in [6, 6.07) is 10.0. The van der Waals surface area contributed by atoms with E-state index in [1.165, 1.54) is 0 Å². The van der Waals surface area contributed by atoms with Gasteiger partial charge in [0.2, 0.25) is 0 Å². The van der Waals surface area contributed by atoms with Gasteiger partial charge in [0.15, 0.2) is 5.69 Å². The van der Waals surface area contributed by atoms with Gasteiger partial charge in [0.05, 0.1) is 6.54 Å². The normalized spacial score (nSPS) is 13.8. The Balaban J connectivity index is 1.80. The first kappa shape index (κ1) is 12.7. The van der Waals surface area contributed by atoms with Gasteiger partial charge in [-0.3, -0.25) is 4.68 Å². The van der Waals surface area contributed by atoms with Gasteiger partial charge in [0.25, 0.3) is 0 Å². The van der Waals surface area contributed by atoms with Gasteiger partial charge in [0, 0.05) is 11.3 Å². The highest BCUT2D eigenvalue weighted by Gasteiger charge is 2.25. The fourth-order valence-corrected chi connectivity index (χ4v) is 2.68. The number of allylic oxidation sites excluding steroid dienone is 1. The zero-order valence-electron chi connectivity index (χ0n) is 11.1. The Labute approximate surface area is 117 Å². The summed E-state index contributed by atoms with van der Waals surface area (Å²) in [7, 11) is 0. The minimum Gasteiger partial charge on any atom is -0.476 e. The maximum Gasteiger partial charge on any atom is 0.356 e. The Morgan fingerprint density at radius 1 is 1.30 bits per heavy atom. The van der Waals surface area contributed by atoms with E-state index in [0.29, 0.717) is 6.54 Å². The van der Waals surface area contributed by atoms with E-state index in [9.17, 15) is 9.90 Å². The van der Waals surface area contributed by atoms with Gasteiger partial charge in [-0.05, 0) is 24.8 Å². The van der Waals surface area contributed by atoms with Crippen molar-refractivity contribution in [2.24, 2.45) is 0 Å². The highest BCUT2D eigenvalue weighted by Crippen LogP contribution is 2.25. The van der Waals surface area contributed by atoms with Crippen molar-refractivity contribution in [3.8, 4) is 0 Å². The minimum absolute atomic E-state index is 0.227. The van der Waals surface area contributed by atoms with Crippen molar-refractivity contribution < 1.29 is 9.90 Å². The van der Waals surface area contributed by atoms with Crippen LogP contribution in [0.25, 0.3) is 6.08 Å². The van der Waals surface area contributed by atoms with Crippen molar-refractivity contribution in [2.75, 3.05) is 0 Å². The SMILES string of the molecule is O=C(O)c1nn(C/C=C/c2ccccc2)c2c1CCC2. The third kappa shape index (κ3) is 2.37. The van der Waals surface area contributed by atoms with Gasteiger partial charge in [-0.2, -0.15) is 5.10 Å². The Hall–Kier alpha value is -2.36. The summed E-state index contributed by atoms with van der Waals surface area (Å²) in [5.41, 5.74) is 3.37. The topological polar surface area (TPSA) is 55.1 Å². The number of carboxylic acids is 1. The summed E-state index contributed by atoms with van der Waals surface area (Å²) in [5.74, 6) is -0.922. The molecule has 0 unspecified atom stereocenters. The van der Waals surface area contributed by atoms with E-state index in [1.807, 2.05) is 47.2 Å². The molecule has 0 bridgehead atoms. The van der Waals surface area contributed by atoms with Crippen LogP contribution in [-0.2, 0) is 19.4 Å². The van der Waals surface area contributed by atoms with Crippen LogP contribution in [0.15, 0.2) is 36.4 Å². The second kappa shape index (κ2) is 5.33. The highest BCUT2D eigenvalue weighted by molar-refractivity contribution is 5.87. The number of aromatic nitrogens is 2. The molecule has 4 nitrogen and oxygen atoms in total. The lowest BCUT2D eigenvalue weighted by molar-refractivity contribution is 0.0688. The quantitative estimate of drug-likeness (QED) is 0.927. The van der Waals surface area contributed by atoms with E-state index in [2.05, 4.69) is 5.10 Å². The molecule has 1 N–H and O–H groups in total. The summed E-state index contributed by atoms with van der Waals surface area (Å²) >= 11 is 0. The van der Waals surface area contributed by atoms with Crippen LogP contribution in [-0.4, -0.2) is 20.9 Å². The fourth-order valence-electron chi connectivity index (χ4n) is 2.68. The number of nitrogens with zero attached hydrogens (tertiary/aromatic N) is 2. The van der Waals surface area contributed by atoms with E-state index >= 15 is 0 Å². The molecule has 0 fully saturated rings. The summed E-state index contributed by atoms with van der Waals surface area (Å²) in [5, 5.41) is 13.4. The number of aromatic carboxylic acids is 1. The molecule has 0 saturated heterocycles. The first-order valence-corrected chi connectivity index (χ1v) is 6.79. The monoisotopic (exact) mass is 268 g/mol. The van der Waals surface area contributed by atoms with Crippen molar-refractivity contribution in [2.45, 2.75) is 25.8 Å². The largest absolute Gasteiger partial charge is 0.476 e. The zero-order chi connectivity index (χ0) is 13.9. The van der Waals surface area contributed by atoms with Gasteiger partial charge in [-0.25, -0.2) is 4.79 Å². The number of benzene rings is 1. The van der Waals surface area contributed by atoms with E-state index in [0.717, 1.165) is 36.1 Å². The third-order valence-electron chi connectivity index (χ3n) is 3.60. The fraction of sp³-hybridized carbons (Fsp3) is 0.250. The molecule has 102 valence electrons. The molecule has 3 rings (SSSR count). The third-order valence-corrected chi connectivity index (χ3v) is 3.60. The average molecular weight is 268 g/mol. The molecule has 1 heterocycles. The van der Waals surface area contributed by atoms with Crippen LogP contribution < -0.4 is 0 Å². The molecule has 0 saturated carbocycles.